The summed E-state index contributed by atoms with van der Waals surface area (Å²) < 4.78 is 5.89. The van der Waals surface area contributed by atoms with Gasteiger partial charge in [0.25, 0.3) is 11.8 Å². The lowest BCUT2D eigenvalue weighted by Gasteiger charge is -2.33. The van der Waals surface area contributed by atoms with E-state index in [0.717, 1.165) is 11.1 Å². The lowest BCUT2D eigenvalue weighted by molar-refractivity contribution is 0.0710. The molecule has 0 radical (unpaired) electrons. The van der Waals surface area contributed by atoms with Crippen molar-refractivity contribution in [1.29, 1.82) is 0 Å². The molecule has 0 spiro atoms. The molecule has 146 valence electrons. The summed E-state index contributed by atoms with van der Waals surface area (Å²) in [5, 5.41) is 2.72. The number of hydrogen-bond acceptors (Lipinski definition) is 3. The Morgan fingerprint density at radius 2 is 1.86 bits per heavy atom. The molecule has 0 aliphatic carbocycles. The highest BCUT2D eigenvalue weighted by Gasteiger charge is 2.33. The monoisotopic (exact) mass is 386 g/mol. The summed E-state index contributed by atoms with van der Waals surface area (Å²) in [7, 11) is 0. The number of carbonyl (C=O) groups is 2. The van der Waals surface area contributed by atoms with Crippen molar-refractivity contribution in [1.82, 2.24) is 10.2 Å². The molecular formula is C24H22N2O3. The Labute approximate surface area is 169 Å². The number of nitrogens with zero attached hydrogens (tertiary/aromatic N) is 1. The molecule has 2 aromatic carbocycles. The van der Waals surface area contributed by atoms with Crippen LogP contribution in [0.4, 0.5) is 0 Å². The predicted octanol–water partition coefficient (Wildman–Crippen LogP) is 3.98. The fourth-order valence-electron chi connectivity index (χ4n) is 3.67. The number of amides is 2. The first-order valence-corrected chi connectivity index (χ1v) is 9.58. The standard InChI is InChI=1S/C24H22N2O3/c1-2-14-25-23(27)22-13-12-21(29-22)20-16-26(15-17-8-4-3-5-9-17)24(28)19-11-7-6-10-18(19)20/h2-13,20H,1,14-16H2,(H,25,27). The molecule has 1 aliphatic heterocycles. The molecule has 1 aromatic heterocycles. The van der Waals surface area contributed by atoms with Crippen LogP contribution < -0.4 is 5.32 Å². The van der Waals surface area contributed by atoms with Crippen molar-refractivity contribution in [2.24, 2.45) is 0 Å². The Balaban J connectivity index is 1.64. The molecule has 29 heavy (non-hydrogen) atoms. The van der Waals surface area contributed by atoms with Crippen LogP contribution in [0.2, 0.25) is 0 Å². The highest BCUT2D eigenvalue weighted by atomic mass is 16.4. The van der Waals surface area contributed by atoms with Crippen molar-refractivity contribution in [3.05, 3.63) is 108 Å². The van der Waals surface area contributed by atoms with Gasteiger partial charge in [-0.3, -0.25) is 9.59 Å². The zero-order valence-corrected chi connectivity index (χ0v) is 16.0. The van der Waals surface area contributed by atoms with E-state index in [9.17, 15) is 9.59 Å². The molecule has 2 amide bonds. The molecular weight excluding hydrogens is 364 g/mol. The average molecular weight is 386 g/mol. The van der Waals surface area contributed by atoms with Gasteiger partial charge in [-0.1, -0.05) is 54.6 Å². The van der Waals surface area contributed by atoms with Crippen molar-refractivity contribution < 1.29 is 14.0 Å². The van der Waals surface area contributed by atoms with Gasteiger partial charge in [0.2, 0.25) is 0 Å². The van der Waals surface area contributed by atoms with Crippen LogP contribution in [0.3, 0.4) is 0 Å². The van der Waals surface area contributed by atoms with E-state index in [4.69, 9.17) is 4.42 Å². The maximum atomic E-state index is 13.1. The first kappa shape index (κ1) is 18.7. The number of fused-ring (bicyclic) bond motifs is 1. The van der Waals surface area contributed by atoms with Crippen LogP contribution in [-0.2, 0) is 6.54 Å². The summed E-state index contributed by atoms with van der Waals surface area (Å²) in [6, 6.07) is 21.0. The number of hydrogen-bond donors (Lipinski definition) is 1. The Morgan fingerprint density at radius 3 is 2.66 bits per heavy atom. The molecule has 0 fully saturated rings. The fourth-order valence-corrected chi connectivity index (χ4v) is 3.67. The van der Waals surface area contributed by atoms with E-state index in [1.165, 1.54) is 0 Å². The van der Waals surface area contributed by atoms with Gasteiger partial charge >= 0.3 is 0 Å². The summed E-state index contributed by atoms with van der Waals surface area (Å²) in [6.07, 6.45) is 1.62. The summed E-state index contributed by atoms with van der Waals surface area (Å²) in [5.41, 5.74) is 2.67. The number of carbonyl (C=O) groups excluding carboxylic acids is 2. The van der Waals surface area contributed by atoms with Gasteiger partial charge in [-0.2, -0.15) is 0 Å². The summed E-state index contributed by atoms with van der Waals surface area (Å²) >= 11 is 0. The van der Waals surface area contributed by atoms with Crippen LogP contribution in [0.1, 0.15) is 43.7 Å². The summed E-state index contributed by atoms with van der Waals surface area (Å²) in [6.45, 7) is 4.99. The van der Waals surface area contributed by atoms with Gasteiger partial charge in [-0.25, -0.2) is 0 Å². The van der Waals surface area contributed by atoms with Crippen LogP contribution in [0.15, 0.2) is 83.8 Å². The van der Waals surface area contributed by atoms with Crippen LogP contribution in [0.25, 0.3) is 0 Å². The van der Waals surface area contributed by atoms with Crippen molar-refractivity contribution in [2.75, 3.05) is 13.1 Å². The van der Waals surface area contributed by atoms with E-state index >= 15 is 0 Å². The minimum absolute atomic E-state index is 0.0104. The minimum atomic E-state index is -0.280. The Morgan fingerprint density at radius 1 is 1.10 bits per heavy atom. The molecule has 0 saturated carbocycles. The van der Waals surface area contributed by atoms with E-state index in [2.05, 4.69) is 11.9 Å². The maximum absolute atomic E-state index is 13.1. The van der Waals surface area contributed by atoms with Crippen LogP contribution in [0.5, 0.6) is 0 Å². The smallest absolute Gasteiger partial charge is 0.287 e. The largest absolute Gasteiger partial charge is 0.455 e. The SMILES string of the molecule is C=CCNC(=O)c1ccc(C2CN(Cc3ccccc3)C(=O)c3ccccc32)o1. The van der Waals surface area contributed by atoms with Crippen LogP contribution >= 0.6 is 0 Å². The second-order valence-electron chi connectivity index (χ2n) is 7.01. The summed E-state index contributed by atoms with van der Waals surface area (Å²) in [5.74, 6) is 0.528. The average Bonchev–Trinajstić information content (AvgIpc) is 3.25. The van der Waals surface area contributed by atoms with Crippen molar-refractivity contribution in [3.63, 3.8) is 0 Å². The molecule has 0 saturated heterocycles. The third-order valence-corrected chi connectivity index (χ3v) is 5.07. The third kappa shape index (κ3) is 3.85. The van der Waals surface area contributed by atoms with Gasteiger partial charge in [0.15, 0.2) is 5.76 Å². The number of nitrogens with one attached hydrogen (secondary N) is 1. The van der Waals surface area contributed by atoms with Crippen LogP contribution in [-0.4, -0.2) is 29.8 Å². The van der Waals surface area contributed by atoms with E-state index in [1.807, 2.05) is 65.6 Å². The Bertz CT molecular complexity index is 1040. The van der Waals surface area contributed by atoms with Gasteiger partial charge in [0.05, 0.1) is 5.92 Å². The molecule has 4 rings (SSSR count). The number of rotatable bonds is 6. The second kappa shape index (κ2) is 8.19. The van der Waals surface area contributed by atoms with Crippen molar-refractivity contribution in [3.8, 4) is 0 Å². The fraction of sp³-hybridized carbons (Fsp3) is 0.167. The molecule has 2 heterocycles. The molecule has 0 bridgehead atoms. The Hall–Kier alpha value is -3.60. The van der Waals surface area contributed by atoms with E-state index in [0.29, 0.717) is 31.0 Å². The third-order valence-electron chi connectivity index (χ3n) is 5.07. The van der Waals surface area contributed by atoms with Crippen molar-refractivity contribution >= 4 is 11.8 Å². The zero-order valence-electron chi connectivity index (χ0n) is 16.0. The highest BCUT2D eigenvalue weighted by Crippen LogP contribution is 2.35. The van der Waals surface area contributed by atoms with Crippen LogP contribution in [0, 0.1) is 0 Å². The first-order chi connectivity index (χ1) is 14.2. The predicted molar refractivity (Wildman–Crippen MR) is 111 cm³/mol. The Kier molecular flexibility index (Phi) is 5.29. The molecule has 1 aliphatic rings. The lowest BCUT2D eigenvalue weighted by Crippen LogP contribution is -2.39. The van der Waals surface area contributed by atoms with E-state index < -0.39 is 0 Å². The lowest BCUT2D eigenvalue weighted by atomic mass is 9.87. The number of benzene rings is 2. The quantitative estimate of drug-likeness (QED) is 0.652. The van der Waals surface area contributed by atoms with Gasteiger partial charge in [0.1, 0.15) is 5.76 Å². The first-order valence-electron chi connectivity index (χ1n) is 9.58. The minimum Gasteiger partial charge on any atom is -0.455 e. The van der Waals surface area contributed by atoms with E-state index in [-0.39, 0.29) is 23.5 Å². The normalized spacial score (nSPS) is 15.7. The number of furan rings is 1. The molecule has 1 N–H and O–H groups in total. The summed E-state index contributed by atoms with van der Waals surface area (Å²) in [4.78, 5) is 27.1. The molecule has 3 aromatic rings. The second-order valence-corrected chi connectivity index (χ2v) is 7.01. The topological polar surface area (TPSA) is 62.6 Å². The van der Waals surface area contributed by atoms with E-state index in [1.54, 1.807) is 12.1 Å². The molecule has 5 nitrogen and oxygen atoms in total. The molecule has 1 unspecified atom stereocenters. The molecule has 5 heteroatoms. The van der Waals surface area contributed by atoms with Gasteiger partial charge < -0.3 is 14.6 Å². The zero-order chi connectivity index (χ0) is 20.2. The van der Waals surface area contributed by atoms with Gasteiger partial charge in [0, 0.05) is 25.2 Å². The highest BCUT2D eigenvalue weighted by molar-refractivity contribution is 5.97. The molecule has 1 atom stereocenters. The van der Waals surface area contributed by atoms with Gasteiger partial charge in [-0.15, -0.1) is 6.58 Å². The van der Waals surface area contributed by atoms with Gasteiger partial charge in [-0.05, 0) is 29.3 Å². The maximum Gasteiger partial charge on any atom is 0.287 e. The van der Waals surface area contributed by atoms with Crippen molar-refractivity contribution in [2.45, 2.75) is 12.5 Å².